The SMILES string of the molecule is CCc1[c]c(CC)c(Br)cc1. The van der Waals surface area contributed by atoms with Crippen molar-refractivity contribution in [2.75, 3.05) is 0 Å². The maximum absolute atomic E-state index is 3.49. The molecule has 0 aliphatic heterocycles. The van der Waals surface area contributed by atoms with Gasteiger partial charge in [0.25, 0.3) is 0 Å². The largest absolute Gasteiger partial charge is 0.0613 e. The van der Waals surface area contributed by atoms with E-state index in [1.54, 1.807) is 0 Å². The Hall–Kier alpha value is -0.300. The topological polar surface area (TPSA) is 0 Å². The Balaban J connectivity index is 3.02. The standard InChI is InChI=1S/C10H12Br/c1-3-8-5-6-10(11)9(4-2)7-8/h5-6H,3-4H2,1-2H3. The van der Waals surface area contributed by atoms with Crippen LogP contribution in [-0.2, 0) is 12.8 Å². The molecule has 0 saturated heterocycles. The van der Waals surface area contributed by atoms with Crippen LogP contribution in [0.4, 0.5) is 0 Å². The second-order valence-electron chi connectivity index (χ2n) is 2.52. The van der Waals surface area contributed by atoms with Crippen LogP contribution in [-0.4, -0.2) is 0 Å². The molecule has 0 saturated carbocycles. The highest BCUT2D eigenvalue weighted by Crippen LogP contribution is 2.18. The summed E-state index contributed by atoms with van der Waals surface area (Å²) in [6, 6.07) is 7.58. The van der Waals surface area contributed by atoms with E-state index in [0.717, 1.165) is 12.8 Å². The molecule has 0 amide bonds. The molecule has 0 nitrogen and oxygen atoms in total. The molecule has 1 radical (unpaired) electrons. The van der Waals surface area contributed by atoms with E-state index >= 15 is 0 Å². The van der Waals surface area contributed by atoms with Crippen LogP contribution < -0.4 is 0 Å². The molecule has 0 heterocycles. The third kappa shape index (κ3) is 2.06. The van der Waals surface area contributed by atoms with Crippen LogP contribution in [0.3, 0.4) is 0 Å². The van der Waals surface area contributed by atoms with Crippen LogP contribution in [0.25, 0.3) is 0 Å². The van der Waals surface area contributed by atoms with Crippen LogP contribution in [0.1, 0.15) is 25.0 Å². The minimum atomic E-state index is 1.05. The fourth-order valence-corrected chi connectivity index (χ4v) is 1.54. The summed E-state index contributed by atoms with van der Waals surface area (Å²) in [7, 11) is 0. The van der Waals surface area contributed by atoms with Crippen molar-refractivity contribution in [3.63, 3.8) is 0 Å². The monoisotopic (exact) mass is 211 g/mol. The van der Waals surface area contributed by atoms with Gasteiger partial charge in [-0.3, -0.25) is 0 Å². The van der Waals surface area contributed by atoms with Crippen molar-refractivity contribution < 1.29 is 0 Å². The van der Waals surface area contributed by atoms with Crippen LogP contribution in [0.5, 0.6) is 0 Å². The van der Waals surface area contributed by atoms with Gasteiger partial charge in [-0.05, 0) is 36.1 Å². The zero-order chi connectivity index (χ0) is 8.27. The number of benzene rings is 1. The van der Waals surface area contributed by atoms with Gasteiger partial charge in [0.05, 0.1) is 0 Å². The molecule has 0 unspecified atom stereocenters. The van der Waals surface area contributed by atoms with E-state index in [9.17, 15) is 0 Å². The molecule has 0 spiro atoms. The van der Waals surface area contributed by atoms with Crippen molar-refractivity contribution >= 4 is 15.9 Å². The highest BCUT2D eigenvalue weighted by Gasteiger charge is 1.97. The lowest BCUT2D eigenvalue weighted by Crippen LogP contribution is -1.87. The van der Waals surface area contributed by atoms with Gasteiger partial charge in [0.15, 0.2) is 0 Å². The molecule has 0 aliphatic rings. The summed E-state index contributed by atoms with van der Waals surface area (Å²) in [5.41, 5.74) is 2.58. The van der Waals surface area contributed by atoms with E-state index in [1.165, 1.54) is 15.6 Å². The molecular formula is C10H12Br. The number of aryl methyl sites for hydroxylation is 2. The van der Waals surface area contributed by atoms with E-state index in [0.29, 0.717) is 0 Å². The minimum Gasteiger partial charge on any atom is -0.0613 e. The van der Waals surface area contributed by atoms with E-state index in [2.05, 4.69) is 48.0 Å². The molecule has 1 aromatic carbocycles. The average molecular weight is 212 g/mol. The third-order valence-electron chi connectivity index (χ3n) is 1.77. The molecule has 1 rings (SSSR count). The van der Waals surface area contributed by atoms with Crippen molar-refractivity contribution in [2.24, 2.45) is 0 Å². The molecule has 11 heavy (non-hydrogen) atoms. The first kappa shape index (κ1) is 8.79. The van der Waals surface area contributed by atoms with Crippen LogP contribution >= 0.6 is 15.9 Å². The van der Waals surface area contributed by atoms with Gasteiger partial charge in [0, 0.05) is 4.47 Å². The van der Waals surface area contributed by atoms with Gasteiger partial charge < -0.3 is 0 Å². The predicted molar refractivity (Wildman–Crippen MR) is 51.7 cm³/mol. The van der Waals surface area contributed by atoms with Crippen molar-refractivity contribution in [1.82, 2.24) is 0 Å². The highest BCUT2D eigenvalue weighted by atomic mass is 79.9. The van der Waals surface area contributed by atoms with Crippen molar-refractivity contribution in [3.8, 4) is 0 Å². The quantitative estimate of drug-likeness (QED) is 0.704. The molecule has 0 aliphatic carbocycles. The summed E-state index contributed by atoms with van der Waals surface area (Å²) >= 11 is 3.49. The second-order valence-corrected chi connectivity index (χ2v) is 3.37. The summed E-state index contributed by atoms with van der Waals surface area (Å²) in [5, 5.41) is 0. The van der Waals surface area contributed by atoms with E-state index in [1.807, 2.05) is 0 Å². The molecule has 59 valence electrons. The Bertz CT molecular complexity index is 241. The Kier molecular flexibility index (Phi) is 3.13. The number of halogens is 1. The molecule has 0 aromatic heterocycles. The molecule has 0 fully saturated rings. The fraction of sp³-hybridized carbons (Fsp3) is 0.400. The molecule has 1 heteroatoms. The van der Waals surface area contributed by atoms with Crippen LogP contribution in [0, 0.1) is 6.07 Å². The van der Waals surface area contributed by atoms with Crippen molar-refractivity contribution in [3.05, 3.63) is 33.8 Å². The maximum Gasteiger partial charge on any atom is 0.0213 e. The first-order valence-corrected chi connectivity index (χ1v) is 4.76. The predicted octanol–water partition coefficient (Wildman–Crippen LogP) is 3.37. The smallest absolute Gasteiger partial charge is 0.0213 e. The van der Waals surface area contributed by atoms with Crippen molar-refractivity contribution in [2.45, 2.75) is 26.7 Å². The highest BCUT2D eigenvalue weighted by molar-refractivity contribution is 9.10. The third-order valence-corrected chi connectivity index (χ3v) is 2.51. The van der Waals surface area contributed by atoms with Gasteiger partial charge in [-0.2, -0.15) is 0 Å². The zero-order valence-electron chi connectivity index (χ0n) is 6.95. The summed E-state index contributed by atoms with van der Waals surface area (Å²) < 4.78 is 1.18. The minimum absolute atomic E-state index is 1.05. The van der Waals surface area contributed by atoms with E-state index in [4.69, 9.17) is 0 Å². The first-order chi connectivity index (χ1) is 5.27. The van der Waals surface area contributed by atoms with Gasteiger partial charge >= 0.3 is 0 Å². The summed E-state index contributed by atoms with van der Waals surface area (Å²) in [6.07, 6.45) is 2.12. The van der Waals surface area contributed by atoms with Gasteiger partial charge in [0.2, 0.25) is 0 Å². The summed E-state index contributed by atoms with van der Waals surface area (Å²) in [4.78, 5) is 0. The zero-order valence-corrected chi connectivity index (χ0v) is 8.53. The molecule has 0 bridgehead atoms. The lowest BCUT2D eigenvalue weighted by atomic mass is 10.1. The summed E-state index contributed by atoms with van der Waals surface area (Å²) in [5.74, 6) is 0. The molecule has 0 N–H and O–H groups in total. The average Bonchev–Trinajstić information content (AvgIpc) is 2.05. The number of hydrogen-bond donors (Lipinski definition) is 0. The first-order valence-electron chi connectivity index (χ1n) is 3.97. The molecular weight excluding hydrogens is 200 g/mol. The Morgan fingerprint density at radius 3 is 2.55 bits per heavy atom. The van der Waals surface area contributed by atoms with E-state index in [-0.39, 0.29) is 0 Å². The van der Waals surface area contributed by atoms with Gasteiger partial charge in [-0.15, -0.1) is 0 Å². The Labute approximate surface area is 76.8 Å². The molecule has 0 atom stereocenters. The molecule has 1 aromatic rings. The lowest BCUT2D eigenvalue weighted by Gasteiger charge is -2.02. The normalized spacial score (nSPS) is 10.1. The summed E-state index contributed by atoms with van der Waals surface area (Å²) in [6.45, 7) is 4.30. The maximum atomic E-state index is 3.49. The number of rotatable bonds is 2. The van der Waals surface area contributed by atoms with E-state index < -0.39 is 0 Å². The Morgan fingerprint density at radius 1 is 1.27 bits per heavy atom. The van der Waals surface area contributed by atoms with Gasteiger partial charge in [0.1, 0.15) is 0 Å². The number of hydrogen-bond acceptors (Lipinski definition) is 0. The Morgan fingerprint density at radius 2 is 2.00 bits per heavy atom. The fourth-order valence-electron chi connectivity index (χ4n) is 1.03. The van der Waals surface area contributed by atoms with Crippen LogP contribution in [0.15, 0.2) is 16.6 Å². The lowest BCUT2D eigenvalue weighted by molar-refractivity contribution is 1.07. The van der Waals surface area contributed by atoms with Crippen LogP contribution in [0.2, 0.25) is 0 Å². The second kappa shape index (κ2) is 3.91. The van der Waals surface area contributed by atoms with Gasteiger partial charge in [-0.1, -0.05) is 35.8 Å². The van der Waals surface area contributed by atoms with Gasteiger partial charge in [-0.25, -0.2) is 0 Å². The van der Waals surface area contributed by atoms with Crippen molar-refractivity contribution in [1.29, 1.82) is 0 Å².